The van der Waals surface area contributed by atoms with E-state index in [0.717, 1.165) is 19.6 Å². The molecule has 0 saturated heterocycles. The third-order valence-corrected chi connectivity index (χ3v) is 1.31. The van der Waals surface area contributed by atoms with E-state index in [4.69, 9.17) is 0 Å². The molecular weight excluding hydrogens is 126 g/mol. The van der Waals surface area contributed by atoms with Gasteiger partial charge in [0, 0.05) is 26.7 Å². The molecule has 0 aliphatic rings. The number of nitrogens with zero attached hydrogens (tertiary/aromatic N) is 2. The van der Waals surface area contributed by atoms with Crippen molar-refractivity contribution in [2.24, 2.45) is 0 Å². The summed E-state index contributed by atoms with van der Waals surface area (Å²) in [6.07, 6.45) is 0. The van der Waals surface area contributed by atoms with Crippen LogP contribution in [0.5, 0.6) is 0 Å². The maximum atomic E-state index is 3.21. The van der Waals surface area contributed by atoms with Crippen molar-refractivity contribution in [3.8, 4) is 0 Å². The van der Waals surface area contributed by atoms with Gasteiger partial charge in [-0.3, -0.25) is 5.43 Å². The van der Waals surface area contributed by atoms with Gasteiger partial charge in [0.25, 0.3) is 0 Å². The lowest BCUT2D eigenvalue weighted by Gasteiger charge is -2.19. The van der Waals surface area contributed by atoms with Gasteiger partial charge in [0.1, 0.15) is 0 Å². The summed E-state index contributed by atoms with van der Waals surface area (Å²) < 4.78 is 0. The van der Waals surface area contributed by atoms with E-state index in [9.17, 15) is 0 Å². The van der Waals surface area contributed by atoms with E-state index in [-0.39, 0.29) is 0 Å². The van der Waals surface area contributed by atoms with Crippen LogP contribution >= 0.6 is 0 Å². The van der Waals surface area contributed by atoms with Crippen molar-refractivity contribution in [1.82, 2.24) is 15.3 Å². The van der Waals surface area contributed by atoms with Crippen molar-refractivity contribution in [1.29, 1.82) is 0 Å². The van der Waals surface area contributed by atoms with Crippen LogP contribution in [-0.4, -0.2) is 50.7 Å². The number of hydrogen-bond donors (Lipinski definition) is 1. The predicted octanol–water partition coefficient (Wildman–Crippen LogP) is 0.00430. The second-order valence-electron chi connectivity index (χ2n) is 2.74. The molecule has 0 aromatic heterocycles. The highest BCUT2D eigenvalue weighted by Crippen LogP contribution is 1.77. The first kappa shape index (κ1) is 9.88. The van der Waals surface area contributed by atoms with Gasteiger partial charge in [-0.15, -0.1) is 0 Å². The van der Waals surface area contributed by atoms with Crippen LogP contribution in [-0.2, 0) is 0 Å². The molecule has 0 radical (unpaired) electrons. The third kappa shape index (κ3) is 6.01. The Morgan fingerprint density at radius 2 is 1.70 bits per heavy atom. The highest BCUT2D eigenvalue weighted by molar-refractivity contribution is 4.47. The first-order chi connectivity index (χ1) is 4.66. The molecule has 0 saturated carbocycles. The van der Waals surface area contributed by atoms with Gasteiger partial charge < -0.3 is 4.90 Å². The van der Waals surface area contributed by atoms with Crippen LogP contribution in [0.3, 0.4) is 0 Å². The van der Waals surface area contributed by atoms with Crippen LogP contribution in [0.25, 0.3) is 0 Å². The molecule has 0 aliphatic carbocycles. The maximum Gasteiger partial charge on any atom is 0.0255 e. The van der Waals surface area contributed by atoms with Crippen LogP contribution in [0, 0.1) is 0 Å². The van der Waals surface area contributed by atoms with E-state index >= 15 is 0 Å². The fourth-order valence-corrected chi connectivity index (χ4v) is 0.699. The predicted molar refractivity (Wildman–Crippen MR) is 44.9 cm³/mol. The summed E-state index contributed by atoms with van der Waals surface area (Å²) in [4.78, 5) is 2.17. The van der Waals surface area contributed by atoms with Crippen molar-refractivity contribution in [2.75, 3.05) is 40.8 Å². The van der Waals surface area contributed by atoms with E-state index < -0.39 is 0 Å². The molecule has 0 heterocycles. The van der Waals surface area contributed by atoms with Crippen LogP contribution in [0.15, 0.2) is 0 Å². The van der Waals surface area contributed by atoms with Crippen molar-refractivity contribution in [3.05, 3.63) is 0 Å². The normalized spacial score (nSPS) is 11.4. The van der Waals surface area contributed by atoms with Gasteiger partial charge in [0.15, 0.2) is 0 Å². The van der Waals surface area contributed by atoms with E-state index in [1.165, 1.54) is 0 Å². The minimum absolute atomic E-state index is 1.00. The van der Waals surface area contributed by atoms with Crippen LogP contribution in [0.4, 0.5) is 0 Å². The zero-order valence-corrected chi connectivity index (χ0v) is 7.52. The average Bonchev–Trinajstić information content (AvgIpc) is 1.85. The van der Waals surface area contributed by atoms with Crippen molar-refractivity contribution >= 4 is 0 Å². The summed E-state index contributed by atoms with van der Waals surface area (Å²) >= 11 is 0. The fraction of sp³-hybridized carbons (Fsp3) is 1.00. The number of rotatable bonds is 5. The van der Waals surface area contributed by atoms with Gasteiger partial charge >= 0.3 is 0 Å². The smallest absolute Gasteiger partial charge is 0.0255 e. The number of nitrogens with one attached hydrogen (secondary N) is 1. The Bertz CT molecular complexity index is 73.3. The fourth-order valence-electron chi connectivity index (χ4n) is 0.699. The third-order valence-electron chi connectivity index (χ3n) is 1.31. The van der Waals surface area contributed by atoms with E-state index in [1.54, 1.807) is 0 Å². The summed E-state index contributed by atoms with van der Waals surface area (Å²) in [6.45, 7) is 5.28. The lowest BCUT2D eigenvalue weighted by molar-refractivity contribution is 0.215. The van der Waals surface area contributed by atoms with Crippen LogP contribution in [0.2, 0.25) is 0 Å². The molecule has 0 fully saturated rings. The minimum Gasteiger partial charge on any atom is -0.308 e. The Kier molecular flexibility index (Phi) is 5.58. The van der Waals surface area contributed by atoms with E-state index in [1.807, 2.05) is 0 Å². The number of likely N-dealkylation sites (N-methyl/N-ethyl adjacent to an activating group) is 2. The van der Waals surface area contributed by atoms with Gasteiger partial charge in [-0.1, -0.05) is 6.92 Å². The first-order valence-corrected chi connectivity index (χ1v) is 3.76. The summed E-state index contributed by atoms with van der Waals surface area (Å²) in [5, 5.41) is 2.11. The van der Waals surface area contributed by atoms with E-state index in [2.05, 4.69) is 43.4 Å². The summed E-state index contributed by atoms with van der Waals surface area (Å²) in [5.41, 5.74) is 3.21. The maximum absolute atomic E-state index is 3.21. The summed E-state index contributed by atoms with van der Waals surface area (Å²) in [7, 11) is 6.23. The monoisotopic (exact) mass is 145 g/mol. The molecule has 0 rings (SSSR count). The Morgan fingerprint density at radius 3 is 2.10 bits per heavy atom. The largest absolute Gasteiger partial charge is 0.308 e. The zero-order valence-electron chi connectivity index (χ0n) is 7.52. The topological polar surface area (TPSA) is 18.5 Å². The number of hydrogen-bond acceptors (Lipinski definition) is 3. The zero-order chi connectivity index (χ0) is 7.98. The van der Waals surface area contributed by atoms with E-state index in [0.29, 0.717) is 0 Å². The Balaban J connectivity index is 3.12. The lowest BCUT2D eigenvalue weighted by Crippen LogP contribution is -2.38. The molecule has 3 nitrogen and oxygen atoms in total. The molecule has 0 aromatic carbocycles. The van der Waals surface area contributed by atoms with Gasteiger partial charge in [-0.2, -0.15) is 0 Å². The highest BCUT2D eigenvalue weighted by Gasteiger charge is 1.94. The SMILES string of the molecule is CCNN(C)CCN(C)C. The number of hydrazine groups is 1. The van der Waals surface area contributed by atoms with Gasteiger partial charge in [-0.25, -0.2) is 5.01 Å². The van der Waals surface area contributed by atoms with Gasteiger partial charge in [0.05, 0.1) is 0 Å². The lowest BCUT2D eigenvalue weighted by atomic mass is 10.6. The molecule has 0 aliphatic heterocycles. The molecule has 0 spiro atoms. The molecule has 1 N–H and O–H groups in total. The molecule has 10 heavy (non-hydrogen) atoms. The van der Waals surface area contributed by atoms with Crippen molar-refractivity contribution in [2.45, 2.75) is 6.92 Å². The van der Waals surface area contributed by atoms with Crippen molar-refractivity contribution < 1.29 is 0 Å². The van der Waals surface area contributed by atoms with Gasteiger partial charge in [-0.05, 0) is 14.1 Å². The molecule has 62 valence electrons. The minimum atomic E-state index is 1.00. The van der Waals surface area contributed by atoms with Crippen molar-refractivity contribution in [3.63, 3.8) is 0 Å². The average molecular weight is 145 g/mol. The Hall–Kier alpha value is -0.120. The molecule has 0 bridgehead atoms. The van der Waals surface area contributed by atoms with Gasteiger partial charge in [0.2, 0.25) is 0 Å². The molecular formula is C7H19N3. The quantitative estimate of drug-likeness (QED) is 0.550. The second-order valence-corrected chi connectivity index (χ2v) is 2.74. The molecule has 0 amide bonds. The van der Waals surface area contributed by atoms with Crippen LogP contribution in [0.1, 0.15) is 6.92 Å². The second kappa shape index (κ2) is 5.65. The molecule has 0 unspecified atom stereocenters. The molecule has 0 aromatic rings. The summed E-state index contributed by atoms with van der Waals surface area (Å²) in [6, 6.07) is 0. The Morgan fingerprint density at radius 1 is 1.10 bits per heavy atom. The molecule has 0 atom stereocenters. The Labute approximate surface area is 64.0 Å². The van der Waals surface area contributed by atoms with Crippen LogP contribution < -0.4 is 5.43 Å². The molecule has 3 heteroatoms. The standard InChI is InChI=1S/C7H19N3/c1-5-8-10(4)7-6-9(2)3/h8H,5-7H2,1-4H3. The summed E-state index contributed by atoms with van der Waals surface area (Å²) in [5.74, 6) is 0. The first-order valence-electron chi connectivity index (χ1n) is 3.76. The highest BCUT2D eigenvalue weighted by atomic mass is 15.5.